The first kappa shape index (κ1) is 20.4. The molecule has 1 heterocycles. The zero-order valence-corrected chi connectivity index (χ0v) is 17.9. The second-order valence-corrected chi connectivity index (χ2v) is 7.20. The highest BCUT2D eigenvalue weighted by atomic mass is 35.5. The van der Waals surface area contributed by atoms with Crippen LogP contribution in [0, 0.1) is 0 Å². The van der Waals surface area contributed by atoms with Crippen LogP contribution < -0.4 is 25.2 Å². The lowest BCUT2D eigenvalue weighted by Crippen LogP contribution is -2.35. The molecule has 0 saturated carbocycles. The third kappa shape index (κ3) is 3.91. The van der Waals surface area contributed by atoms with Gasteiger partial charge in [-0.1, -0.05) is 24.6 Å². The maximum absolute atomic E-state index is 6.53. The average Bonchev–Trinajstić information content (AvgIpc) is 2.99. The molecule has 1 atom stereocenters. The van der Waals surface area contributed by atoms with Gasteiger partial charge < -0.3 is 14.8 Å². The van der Waals surface area contributed by atoms with Gasteiger partial charge in [-0.2, -0.15) is 0 Å². The van der Waals surface area contributed by atoms with Gasteiger partial charge in [0.1, 0.15) is 18.1 Å². The van der Waals surface area contributed by atoms with E-state index in [2.05, 4.69) is 36.5 Å². The number of nitrogens with one attached hydrogen (secondary N) is 2. The molecule has 1 unspecified atom stereocenters. The molecule has 3 rings (SSSR count). The van der Waals surface area contributed by atoms with Crippen LogP contribution in [0.3, 0.4) is 0 Å². The molecule has 0 spiro atoms. The number of methoxy groups -OCH3 is 1. The Balaban J connectivity index is 1.79. The van der Waals surface area contributed by atoms with Gasteiger partial charge in [0.2, 0.25) is 0 Å². The molecule has 0 fully saturated rings. The number of hydrogen-bond donors (Lipinski definition) is 2. The van der Waals surface area contributed by atoms with Crippen LogP contribution >= 0.6 is 11.6 Å². The lowest BCUT2D eigenvalue weighted by Gasteiger charge is -2.22. The largest absolute Gasteiger partial charge is 0.496 e. The number of anilines is 2. The van der Waals surface area contributed by atoms with E-state index in [1.54, 1.807) is 7.11 Å². The van der Waals surface area contributed by atoms with Crippen molar-refractivity contribution in [1.29, 1.82) is 0 Å². The number of rotatable bonds is 7. The fourth-order valence-electron chi connectivity index (χ4n) is 3.69. The Morgan fingerprint density at radius 3 is 2.61 bits per heavy atom. The van der Waals surface area contributed by atoms with Gasteiger partial charge in [0.15, 0.2) is 0 Å². The zero-order valence-electron chi connectivity index (χ0n) is 17.1. The van der Waals surface area contributed by atoms with Crippen molar-refractivity contribution in [3.05, 3.63) is 58.3 Å². The summed E-state index contributed by atoms with van der Waals surface area (Å²) in [6.07, 6.45) is 1.03. The van der Waals surface area contributed by atoms with Crippen molar-refractivity contribution in [1.82, 2.24) is 5.43 Å². The molecule has 2 aromatic rings. The fourth-order valence-corrected chi connectivity index (χ4v) is 3.92. The highest BCUT2D eigenvalue weighted by Crippen LogP contribution is 2.35. The highest BCUT2D eigenvalue weighted by Gasteiger charge is 2.25. The molecule has 0 bridgehead atoms. The van der Waals surface area contributed by atoms with E-state index in [-0.39, 0.29) is 0 Å². The minimum atomic E-state index is 0.324. The number of hydrazine groups is 1. The van der Waals surface area contributed by atoms with Crippen molar-refractivity contribution in [3.63, 3.8) is 0 Å². The molecule has 6 heteroatoms. The smallest absolute Gasteiger partial charge is 0.138 e. The molecule has 0 radical (unpaired) electrons. The van der Waals surface area contributed by atoms with Crippen molar-refractivity contribution >= 4 is 23.0 Å². The first-order valence-corrected chi connectivity index (χ1v) is 9.89. The SMILES string of the molecule is CCC1=C(C)N(c2ccc(OCc3c(NC)cccc3OC)c(Cl)c2)NC1C. The maximum Gasteiger partial charge on any atom is 0.138 e. The van der Waals surface area contributed by atoms with E-state index in [4.69, 9.17) is 21.1 Å². The summed E-state index contributed by atoms with van der Waals surface area (Å²) < 4.78 is 11.5. The van der Waals surface area contributed by atoms with Crippen LogP contribution in [0.15, 0.2) is 47.7 Å². The van der Waals surface area contributed by atoms with Crippen molar-refractivity contribution in [2.75, 3.05) is 24.5 Å². The third-order valence-electron chi connectivity index (χ3n) is 5.19. The minimum absolute atomic E-state index is 0.324. The van der Waals surface area contributed by atoms with Crippen LogP contribution in [0.2, 0.25) is 5.02 Å². The lowest BCUT2D eigenvalue weighted by atomic mass is 10.1. The molecular weight excluding hydrogens is 374 g/mol. The molecule has 0 aromatic heterocycles. The predicted octanol–water partition coefficient (Wildman–Crippen LogP) is 5.37. The van der Waals surface area contributed by atoms with Gasteiger partial charge in [-0.15, -0.1) is 0 Å². The van der Waals surface area contributed by atoms with Crippen molar-refractivity contribution in [2.24, 2.45) is 0 Å². The van der Waals surface area contributed by atoms with Crippen LogP contribution in [0.25, 0.3) is 0 Å². The monoisotopic (exact) mass is 401 g/mol. The van der Waals surface area contributed by atoms with Gasteiger partial charge in [0.25, 0.3) is 0 Å². The van der Waals surface area contributed by atoms with E-state index in [9.17, 15) is 0 Å². The lowest BCUT2D eigenvalue weighted by molar-refractivity contribution is 0.297. The molecule has 2 N–H and O–H groups in total. The Morgan fingerprint density at radius 1 is 1.21 bits per heavy atom. The Labute approximate surface area is 172 Å². The molecular formula is C22H28ClN3O2. The van der Waals surface area contributed by atoms with Gasteiger partial charge in [-0.05, 0) is 56.2 Å². The number of hydrogen-bond acceptors (Lipinski definition) is 5. The van der Waals surface area contributed by atoms with Gasteiger partial charge >= 0.3 is 0 Å². The molecule has 28 heavy (non-hydrogen) atoms. The molecule has 1 aliphatic heterocycles. The van der Waals surface area contributed by atoms with Crippen molar-refractivity contribution < 1.29 is 9.47 Å². The molecule has 1 aliphatic rings. The van der Waals surface area contributed by atoms with E-state index in [0.717, 1.165) is 29.1 Å². The number of nitrogens with zero attached hydrogens (tertiary/aromatic N) is 1. The van der Waals surface area contributed by atoms with Crippen LogP contribution in [0.5, 0.6) is 11.5 Å². The Kier molecular flexibility index (Phi) is 6.37. The molecule has 0 aliphatic carbocycles. The Hall–Kier alpha value is -2.37. The average molecular weight is 402 g/mol. The first-order valence-electron chi connectivity index (χ1n) is 9.52. The molecule has 0 amide bonds. The van der Waals surface area contributed by atoms with Gasteiger partial charge in [-0.3, -0.25) is 5.01 Å². The molecule has 150 valence electrons. The number of halogens is 1. The predicted molar refractivity (Wildman–Crippen MR) is 116 cm³/mol. The van der Waals surface area contributed by atoms with Crippen molar-refractivity contribution in [2.45, 2.75) is 39.8 Å². The van der Waals surface area contributed by atoms with Crippen molar-refractivity contribution in [3.8, 4) is 11.5 Å². The fraction of sp³-hybridized carbons (Fsp3) is 0.364. The Bertz CT molecular complexity index is 860. The molecule has 2 aromatic carbocycles. The second-order valence-electron chi connectivity index (χ2n) is 6.79. The van der Waals surface area contributed by atoms with Crippen LogP contribution in [-0.4, -0.2) is 20.2 Å². The summed E-state index contributed by atoms with van der Waals surface area (Å²) in [7, 11) is 3.54. The topological polar surface area (TPSA) is 45.8 Å². The summed E-state index contributed by atoms with van der Waals surface area (Å²) in [6.45, 7) is 6.85. The number of benzene rings is 2. The maximum atomic E-state index is 6.53. The normalized spacial score (nSPS) is 16.5. The van der Waals surface area contributed by atoms with E-state index < -0.39 is 0 Å². The summed E-state index contributed by atoms with van der Waals surface area (Å²) in [6, 6.07) is 12.0. The van der Waals surface area contributed by atoms with E-state index >= 15 is 0 Å². The second kappa shape index (κ2) is 8.76. The zero-order chi connectivity index (χ0) is 20.3. The quantitative estimate of drug-likeness (QED) is 0.653. The van der Waals surface area contributed by atoms with E-state index in [1.165, 1.54) is 11.3 Å². The summed E-state index contributed by atoms with van der Waals surface area (Å²) in [5.74, 6) is 1.42. The minimum Gasteiger partial charge on any atom is -0.496 e. The summed E-state index contributed by atoms with van der Waals surface area (Å²) >= 11 is 6.53. The standard InChI is InChI=1S/C22H28ClN3O2/c1-6-17-14(2)25-26(15(17)3)16-10-11-22(19(23)12-16)28-13-18-20(24-4)8-7-9-21(18)27-5/h7-12,14,24-25H,6,13H2,1-5H3. The highest BCUT2D eigenvalue weighted by molar-refractivity contribution is 6.32. The van der Waals surface area contributed by atoms with Gasteiger partial charge in [-0.25, -0.2) is 5.43 Å². The molecule has 0 saturated heterocycles. The third-order valence-corrected chi connectivity index (χ3v) is 5.49. The number of ether oxygens (including phenoxy) is 2. The summed E-state index contributed by atoms with van der Waals surface area (Å²) in [4.78, 5) is 0. The first-order chi connectivity index (χ1) is 13.5. The summed E-state index contributed by atoms with van der Waals surface area (Å²) in [5.41, 5.74) is 9.05. The van der Waals surface area contributed by atoms with Crippen LogP contribution in [0.1, 0.15) is 32.8 Å². The van der Waals surface area contributed by atoms with Gasteiger partial charge in [0, 0.05) is 24.5 Å². The molecule has 5 nitrogen and oxygen atoms in total. The van der Waals surface area contributed by atoms with Crippen LogP contribution in [-0.2, 0) is 6.61 Å². The number of allylic oxidation sites excluding steroid dienone is 1. The summed E-state index contributed by atoms with van der Waals surface area (Å²) in [5, 5.41) is 5.84. The van der Waals surface area contributed by atoms with Crippen LogP contribution in [0.4, 0.5) is 11.4 Å². The van der Waals surface area contributed by atoms with Gasteiger partial charge in [0.05, 0.1) is 23.4 Å². The Morgan fingerprint density at radius 2 is 2.00 bits per heavy atom. The van der Waals surface area contributed by atoms with E-state index in [0.29, 0.717) is 23.4 Å². The van der Waals surface area contributed by atoms with E-state index in [1.807, 2.05) is 43.4 Å².